The van der Waals surface area contributed by atoms with Gasteiger partial charge in [-0.1, -0.05) is 38.5 Å². The summed E-state index contributed by atoms with van der Waals surface area (Å²) in [7, 11) is 5.67. The maximum atomic E-state index is 4.24. The van der Waals surface area contributed by atoms with E-state index in [9.17, 15) is 0 Å². The molecular formula is C13H25N3S2. The summed E-state index contributed by atoms with van der Waals surface area (Å²) in [5.41, 5.74) is 0.353. The van der Waals surface area contributed by atoms with Crippen LogP contribution in [0.25, 0.3) is 0 Å². The second kappa shape index (κ2) is 5.87. The van der Waals surface area contributed by atoms with Gasteiger partial charge in [0, 0.05) is 18.2 Å². The normalized spacial score (nSPS) is 13.1. The van der Waals surface area contributed by atoms with E-state index in [2.05, 4.69) is 56.3 Å². The van der Waals surface area contributed by atoms with Gasteiger partial charge in [-0.3, -0.25) is 0 Å². The molecule has 1 aromatic rings. The van der Waals surface area contributed by atoms with Crippen molar-refractivity contribution in [3.63, 3.8) is 0 Å². The molecule has 0 spiro atoms. The summed E-state index contributed by atoms with van der Waals surface area (Å²) in [6.07, 6.45) is 2.11. The van der Waals surface area contributed by atoms with Crippen LogP contribution in [-0.4, -0.2) is 19.5 Å². The average molecular weight is 287 g/mol. The topological polar surface area (TPSA) is 30.7 Å². The molecule has 0 aliphatic rings. The molecule has 1 rings (SSSR count). The molecule has 0 bridgehead atoms. The van der Waals surface area contributed by atoms with Crippen LogP contribution in [0.1, 0.15) is 53.8 Å². The van der Waals surface area contributed by atoms with Crippen LogP contribution in [0.2, 0.25) is 0 Å². The van der Waals surface area contributed by atoms with Crippen LogP contribution in [-0.2, 0) is 13.5 Å². The van der Waals surface area contributed by atoms with Crippen molar-refractivity contribution in [2.75, 3.05) is 0 Å². The molecule has 0 unspecified atom stereocenters. The first kappa shape index (κ1) is 15.9. The number of aromatic nitrogens is 3. The highest BCUT2D eigenvalue weighted by Gasteiger charge is 2.27. The van der Waals surface area contributed by atoms with Crippen molar-refractivity contribution in [3.8, 4) is 0 Å². The maximum absolute atomic E-state index is 4.24. The van der Waals surface area contributed by atoms with Crippen molar-refractivity contribution in [1.82, 2.24) is 14.8 Å². The van der Waals surface area contributed by atoms with Gasteiger partial charge in [-0.2, -0.15) is 0 Å². The maximum Gasteiger partial charge on any atom is 0.201 e. The summed E-state index contributed by atoms with van der Waals surface area (Å²) in [6.45, 7) is 13.6. The number of hydrogen-bond donors (Lipinski definition) is 0. The Hall–Kier alpha value is -0.160. The lowest BCUT2D eigenvalue weighted by molar-refractivity contribution is 0.340. The highest BCUT2D eigenvalue weighted by atomic mass is 33.1. The molecule has 0 N–H and O–H groups in total. The van der Waals surface area contributed by atoms with Crippen molar-refractivity contribution >= 4 is 21.6 Å². The molecule has 0 saturated carbocycles. The van der Waals surface area contributed by atoms with Crippen molar-refractivity contribution in [2.45, 2.75) is 64.3 Å². The van der Waals surface area contributed by atoms with E-state index in [0.29, 0.717) is 5.41 Å². The Morgan fingerprint density at radius 2 is 1.72 bits per heavy atom. The lowest BCUT2D eigenvalue weighted by Gasteiger charge is -2.31. The molecule has 0 aliphatic heterocycles. The molecule has 5 heteroatoms. The Balaban J connectivity index is 2.61. The van der Waals surface area contributed by atoms with E-state index in [0.717, 1.165) is 17.4 Å². The highest BCUT2D eigenvalue weighted by Crippen LogP contribution is 2.45. The van der Waals surface area contributed by atoms with Crippen LogP contribution in [0.15, 0.2) is 5.16 Å². The van der Waals surface area contributed by atoms with Gasteiger partial charge in [0.1, 0.15) is 5.82 Å². The van der Waals surface area contributed by atoms with Gasteiger partial charge in [0.2, 0.25) is 5.16 Å². The van der Waals surface area contributed by atoms with Crippen LogP contribution in [0, 0.1) is 5.41 Å². The van der Waals surface area contributed by atoms with Crippen LogP contribution < -0.4 is 0 Å². The van der Waals surface area contributed by atoms with Gasteiger partial charge in [-0.15, -0.1) is 10.2 Å². The van der Waals surface area contributed by atoms with Gasteiger partial charge in [-0.05, 0) is 36.5 Å². The lowest BCUT2D eigenvalue weighted by atomic mass is 9.86. The number of rotatable bonds is 5. The molecule has 0 saturated heterocycles. The van der Waals surface area contributed by atoms with Gasteiger partial charge >= 0.3 is 0 Å². The summed E-state index contributed by atoms with van der Waals surface area (Å²) in [4.78, 5) is 0. The van der Waals surface area contributed by atoms with Crippen LogP contribution in [0.4, 0.5) is 0 Å². The number of hydrogen-bond acceptors (Lipinski definition) is 4. The fraction of sp³-hybridized carbons (Fsp3) is 0.846. The van der Waals surface area contributed by atoms with E-state index in [1.54, 1.807) is 10.8 Å². The van der Waals surface area contributed by atoms with Crippen molar-refractivity contribution in [1.29, 1.82) is 0 Å². The SMILES string of the molecule is CCc1nnc(SSC(C)(C)CC(C)(C)C)n1C. The third kappa shape index (κ3) is 4.84. The zero-order chi connectivity index (χ0) is 14.0. The van der Waals surface area contributed by atoms with Gasteiger partial charge in [0.15, 0.2) is 0 Å². The molecule has 0 amide bonds. The smallest absolute Gasteiger partial charge is 0.201 e. The Morgan fingerprint density at radius 3 is 2.17 bits per heavy atom. The molecule has 1 aromatic heterocycles. The van der Waals surface area contributed by atoms with Crippen molar-refractivity contribution < 1.29 is 0 Å². The quantitative estimate of drug-likeness (QED) is 0.754. The number of nitrogens with zero attached hydrogens (tertiary/aromatic N) is 3. The van der Waals surface area contributed by atoms with Crippen LogP contribution in [0.3, 0.4) is 0 Å². The zero-order valence-electron chi connectivity index (χ0n) is 12.6. The Bertz CT molecular complexity index is 391. The zero-order valence-corrected chi connectivity index (χ0v) is 14.2. The van der Waals surface area contributed by atoms with E-state index in [4.69, 9.17) is 0 Å². The third-order valence-electron chi connectivity index (χ3n) is 2.54. The van der Waals surface area contributed by atoms with Crippen molar-refractivity contribution in [2.24, 2.45) is 12.5 Å². The van der Waals surface area contributed by atoms with Gasteiger partial charge in [0.05, 0.1) is 0 Å². The molecule has 3 nitrogen and oxygen atoms in total. The second-order valence-corrected chi connectivity index (χ2v) is 9.28. The predicted octanol–water partition coefficient (Wildman–Crippen LogP) is 4.33. The highest BCUT2D eigenvalue weighted by molar-refractivity contribution is 8.77. The first-order valence-corrected chi connectivity index (χ1v) is 8.53. The first-order valence-electron chi connectivity index (χ1n) is 6.38. The molecule has 0 aromatic carbocycles. The Labute approximate surface area is 119 Å². The fourth-order valence-corrected chi connectivity index (χ4v) is 4.78. The summed E-state index contributed by atoms with van der Waals surface area (Å²) >= 11 is 0. The Morgan fingerprint density at radius 1 is 1.11 bits per heavy atom. The minimum Gasteiger partial charge on any atom is -0.308 e. The number of aryl methyl sites for hydroxylation is 1. The van der Waals surface area contributed by atoms with E-state index in [1.165, 1.54) is 6.42 Å². The molecule has 0 aliphatic carbocycles. The van der Waals surface area contributed by atoms with Gasteiger partial charge < -0.3 is 4.57 Å². The predicted molar refractivity (Wildman–Crippen MR) is 82.0 cm³/mol. The molecule has 1 heterocycles. The Kier molecular flexibility index (Phi) is 5.18. The standard InChI is InChI=1S/C13H25N3S2/c1-8-10-14-15-11(16(10)7)17-18-13(5,6)9-12(2,3)4/h8-9H2,1-7H3. The summed E-state index contributed by atoms with van der Waals surface area (Å²) in [5, 5.41) is 9.43. The van der Waals surface area contributed by atoms with Crippen LogP contribution in [0.5, 0.6) is 0 Å². The van der Waals surface area contributed by atoms with E-state index >= 15 is 0 Å². The molecule has 18 heavy (non-hydrogen) atoms. The monoisotopic (exact) mass is 287 g/mol. The molecule has 0 radical (unpaired) electrons. The van der Waals surface area contributed by atoms with Crippen LogP contribution >= 0.6 is 21.6 Å². The summed E-state index contributed by atoms with van der Waals surface area (Å²) in [5.74, 6) is 1.05. The second-order valence-electron chi connectivity index (χ2n) is 6.48. The van der Waals surface area contributed by atoms with Gasteiger partial charge in [0.25, 0.3) is 0 Å². The first-order chi connectivity index (χ1) is 8.14. The molecule has 104 valence electrons. The minimum absolute atomic E-state index is 0.237. The third-order valence-corrected chi connectivity index (χ3v) is 5.77. The molecular weight excluding hydrogens is 262 g/mol. The fourth-order valence-electron chi connectivity index (χ4n) is 2.18. The lowest BCUT2D eigenvalue weighted by Crippen LogP contribution is -2.22. The van der Waals surface area contributed by atoms with Gasteiger partial charge in [-0.25, -0.2) is 0 Å². The molecule has 0 fully saturated rings. The summed E-state index contributed by atoms with van der Waals surface area (Å²) < 4.78 is 2.33. The van der Waals surface area contributed by atoms with E-state index in [-0.39, 0.29) is 4.75 Å². The molecule has 0 atom stereocenters. The van der Waals surface area contributed by atoms with Crippen molar-refractivity contribution in [3.05, 3.63) is 5.82 Å². The average Bonchev–Trinajstić information content (AvgIpc) is 2.53. The van der Waals surface area contributed by atoms with E-state index in [1.807, 2.05) is 17.8 Å². The summed E-state index contributed by atoms with van der Waals surface area (Å²) in [6, 6.07) is 0. The van der Waals surface area contributed by atoms with E-state index < -0.39 is 0 Å². The minimum atomic E-state index is 0.237. The largest absolute Gasteiger partial charge is 0.308 e.